The number of rotatable bonds is 8. The number of phenolic OH excluding ortho intramolecular Hbond substituents is 1. The molecule has 1 aromatic heterocycles. The molecule has 2 saturated carbocycles. The average molecular weight is 583 g/mol. The van der Waals surface area contributed by atoms with E-state index in [0.29, 0.717) is 24.0 Å². The molecule has 2 heterocycles. The fourth-order valence-corrected chi connectivity index (χ4v) is 8.33. The van der Waals surface area contributed by atoms with Crippen LogP contribution in [0.1, 0.15) is 57.6 Å². The summed E-state index contributed by atoms with van der Waals surface area (Å²) in [5.41, 5.74) is 7.25. The highest BCUT2D eigenvalue weighted by Gasteiger charge is 2.70. The number of aliphatic hydroxyl groups is 1. The second kappa shape index (κ2) is 10.1. The van der Waals surface area contributed by atoms with E-state index in [-0.39, 0.29) is 30.2 Å². The molecule has 6 N–H and O–H groups in total. The van der Waals surface area contributed by atoms with Gasteiger partial charge in [-0.25, -0.2) is 0 Å². The molecule has 0 radical (unpaired) electrons. The second-order valence-electron chi connectivity index (χ2n) is 13.3. The number of amides is 2. The molecule has 1 saturated heterocycles. The van der Waals surface area contributed by atoms with E-state index >= 15 is 0 Å². The summed E-state index contributed by atoms with van der Waals surface area (Å²) in [5.74, 6) is -0.246. The van der Waals surface area contributed by atoms with Gasteiger partial charge in [-0.2, -0.15) is 0 Å². The number of carbonyl (C=O) groups excluding carboxylic acids is 2. The number of likely N-dealkylation sites (tertiary alicyclic amines) is 1. The number of fused-ring (bicyclic) bond motifs is 4. The van der Waals surface area contributed by atoms with Crippen LogP contribution in [0, 0.1) is 18.8 Å². The lowest BCUT2D eigenvalue weighted by Crippen LogP contribution is -2.68. The van der Waals surface area contributed by atoms with Gasteiger partial charge in [0.1, 0.15) is 17.4 Å². The van der Waals surface area contributed by atoms with Gasteiger partial charge in [0.2, 0.25) is 5.91 Å². The van der Waals surface area contributed by atoms with Gasteiger partial charge in [0, 0.05) is 49.5 Å². The zero-order valence-corrected chi connectivity index (χ0v) is 24.3. The number of aromatic nitrogens is 1. The number of nitrogens with one attached hydrogen (secondary N) is 2. The quantitative estimate of drug-likeness (QED) is 0.275. The molecule has 0 bridgehead atoms. The first kappa shape index (κ1) is 27.9. The van der Waals surface area contributed by atoms with Crippen LogP contribution >= 0.6 is 0 Å². The van der Waals surface area contributed by atoms with E-state index in [2.05, 4.69) is 15.2 Å². The highest BCUT2D eigenvalue weighted by atomic mass is 16.3. The SMILES string of the molecule is Cc1ccc(O)cc1[C@@]12Cc3[nH]c(=O)c(C(=O)N[C@@H](Cc4ccccc4)C(N)=O)cc3C[C@@]1(O)[C@H]1C(CN1CC1CC1)C2. The molecule has 5 atom stereocenters. The van der Waals surface area contributed by atoms with Gasteiger partial charge in [-0.3, -0.25) is 19.3 Å². The van der Waals surface area contributed by atoms with Crippen molar-refractivity contribution in [1.82, 2.24) is 15.2 Å². The minimum atomic E-state index is -1.16. The molecule has 9 heteroatoms. The van der Waals surface area contributed by atoms with Crippen molar-refractivity contribution in [1.29, 1.82) is 0 Å². The number of nitrogens with two attached hydrogens (primary N) is 1. The maximum atomic E-state index is 13.4. The Hall–Kier alpha value is -3.95. The zero-order valence-electron chi connectivity index (χ0n) is 24.3. The van der Waals surface area contributed by atoms with Gasteiger partial charge < -0.3 is 26.2 Å². The Balaban J connectivity index is 1.25. The number of benzene rings is 2. The van der Waals surface area contributed by atoms with Crippen molar-refractivity contribution in [3.05, 3.63) is 98.5 Å². The van der Waals surface area contributed by atoms with Crippen LogP contribution < -0.4 is 16.6 Å². The van der Waals surface area contributed by atoms with Crippen LogP contribution in [0.3, 0.4) is 0 Å². The first-order chi connectivity index (χ1) is 20.6. The van der Waals surface area contributed by atoms with E-state index in [9.17, 15) is 24.6 Å². The largest absolute Gasteiger partial charge is 0.508 e. The highest BCUT2D eigenvalue weighted by Crippen LogP contribution is 2.62. The molecule has 224 valence electrons. The number of aromatic hydroxyl groups is 1. The van der Waals surface area contributed by atoms with Crippen LogP contribution in [0.25, 0.3) is 0 Å². The van der Waals surface area contributed by atoms with E-state index < -0.39 is 34.4 Å². The minimum Gasteiger partial charge on any atom is -0.508 e. The summed E-state index contributed by atoms with van der Waals surface area (Å²) < 4.78 is 0. The van der Waals surface area contributed by atoms with Gasteiger partial charge in [0.15, 0.2) is 0 Å². The Morgan fingerprint density at radius 1 is 1.14 bits per heavy atom. The van der Waals surface area contributed by atoms with E-state index in [1.165, 1.54) is 12.8 Å². The van der Waals surface area contributed by atoms with Crippen LogP contribution in [0.4, 0.5) is 0 Å². The number of nitrogens with zero attached hydrogens (tertiary/aromatic N) is 1. The Bertz CT molecular complexity index is 1670. The van der Waals surface area contributed by atoms with Gasteiger partial charge in [-0.05, 0) is 78.5 Å². The summed E-state index contributed by atoms with van der Waals surface area (Å²) in [4.78, 5) is 44.4. The maximum absolute atomic E-state index is 13.4. The first-order valence-electron chi connectivity index (χ1n) is 15.2. The number of aryl methyl sites for hydroxylation is 1. The third kappa shape index (κ3) is 4.57. The van der Waals surface area contributed by atoms with Gasteiger partial charge in [-0.15, -0.1) is 0 Å². The molecule has 43 heavy (non-hydrogen) atoms. The number of phenols is 1. The molecular formula is C34H38N4O5. The third-order valence-electron chi connectivity index (χ3n) is 10.5. The fraction of sp³-hybridized carbons (Fsp3) is 0.441. The summed E-state index contributed by atoms with van der Waals surface area (Å²) in [6.45, 7) is 3.91. The van der Waals surface area contributed by atoms with Crippen molar-refractivity contribution in [3.63, 3.8) is 0 Å². The van der Waals surface area contributed by atoms with Crippen LogP contribution in [0.2, 0.25) is 0 Å². The lowest BCUT2D eigenvalue weighted by atomic mass is 9.59. The lowest BCUT2D eigenvalue weighted by Gasteiger charge is -2.55. The fourth-order valence-electron chi connectivity index (χ4n) is 8.33. The summed E-state index contributed by atoms with van der Waals surface area (Å²) in [6.07, 6.45) is 4.06. The predicted octanol–water partition coefficient (Wildman–Crippen LogP) is 2.10. The van der Waals surface area contributed by atoms with Gasteiger partial charge in [0.05, 0.1) is 5.60 Å². The number of primary amides is 1. The summed E-state index contributed by atoms with van der Waals surface area (Å²) >= 11 is 0. The molecule has 3 fully saturated rings. The van der Waals surface area contributed by atoms with Crippen molar-refractivity contribution in [2.75, 3.05) is 13.1 Å². The van der Waals surface area contributed by atoms with Crippen molar-refractivity contribution in [2.24, 2.45) is 17.6 Å². The number of hydrogen-bond donors (Lipinski definition) is 5. The Kier molecular flexibility index (Phi) is 6.52. The van der Waals surface area contributed by atoms with Crippen LogP contribution in [-0.4, -0.2) is 62.7 Å². The molecule has 0 spiro atoms. The number of pyridine rings is 1. The molecule has 9 nitrogen and oxygen atoms in total. The summed E-state index contributed by atoms with van der Waals surface area (Å²) in [5, 5.41) is 26.0. The molecule has 7 rings (SSSR count). The molecular weight excluding hydrogens is 544 g/mol. The molecule has 3 aliphatic carbocycles. The summed E-state index contributed by atoms with van der Waals surface area (Å²) in [6, 6.07) is 15.1. The molecule has 2 aromatic carbocycles. The van der Waals surface area contributed by atoms with E-state index in [0.717, 1.165) is 41.8 Å². The molecule has 1 aliphatic heterocycles. The molecule has 3 aromatic rings. The van der Waals surface area contributed by atoms with Crippen molar-refractivity contribution in [3.8, 4) is 5.75 Å². The van der Waals surface area contributed by atoms with Gasteiger partial charge in [-0.1, -0.05) is 36.4 Å². The monoisotopic (exact) mass is 582 g/mol. The predicted molar refractivity (Wildman–Crippen MR) is 161 cm³/mol. The number of H-pyrrole nitrogens is 1. The normalized spacial score (nSPS) is 28.2. The molecule has 2 amide bonds. The van der Waals surface area contributed by atoms with Crippen LogP contribution in [-0.2, 0) is 29.5 Å². The van der Waals surface area contributed by atoms with E-state index in [1.807, 2.05) is 43.3 Å². The van der Waals surface area contributed by atoms with Crippen LogP contribution in [0.5, 0.6) is 5.75 Å². The number of carbonyl (C=O) groups is 2. The number of hydrogen-bond acceptors (Lipinski definition) is 6. The Labute approximate surface area is 250 Å². The third-order valence-corrected chi connectivity index (χ3v) is 10.5. The number of aromatic amines is 1. The Morgan fingerprint density at radius 3 is 2.63 bits per heavy atom. The van der Waals surface area contributed by atoms with Crippen molar-refractivity contribution in [2.45, 2.75) is 68.5 Å². The Morgan fingerprint density at radius 2 is 1.91 bits per heavy atom. The van der Waals surface area contributed by atoms with Crippen molar-refractivity contribution < 1.29 is 19.8 Å². The van der Waals surface area contributed by atoms with Gasteiger partial charge >= 0.3 is 0 Å². The topological polar surface area (TPSA) is 149 Å². The molecule has 4 aliphatic rings. The highest BCUT2D eigenvalue weighted by molar-refractivity contribution is 5.97. The van der Waals surface area contributed by atoms with E-state index in [1.54, 1.807) is 18.2 Å². The standard InChI is InChI=1S/C34H38N4O5/c1-19-7-10-24(39)13-26(19)33-14-23-18-38(17-21-8-9-21)29(23)34(33,43)15-22-12-25(32(42)37-28(22)16-33)31(41)36-27(30(35)40)11-20-5-3-2-4-6-20/h2-7,10,12-13,21,23,27,29,39,43H,8-9,11,14-18H2,1H3,(H2,35,40)(H,36,41)(H,37,42)/t23?,27-,29+,33+,34+/m0/s1. The van der Waals surface area contributed by atoms with E-state index in [4.69, 9.17) is 5.73 Å². The van der Waals surface area contributed by atoms with Crippen LogP contribution in [0.15, 0.2) is 59.4 Å². The average Bonchev–Trinajstić information content (AvgIpc) is 3.75. The maximum Gasteiger partial charge on any atom is 0.261 e. The summed E-state index contributed by atoms with van der Waals surface area (Å²) in [7, 11) is 0. The minimum absolute atomic E-state index is 0.0441. The lowest BCUT2D eigenvalue weighted by molar-refractivity contribution is -0.119. The van der Waals surface area contributed by atoms with Crippen molar-refractivity contribution >= 4 is 11.8 Å². The van der Waals surface area contributed by atoms with Gasteiger partial charge in [0.25, 0.3) is 11.5 Å². The molecule has 1 unspecified atom stereocenters. The first-order valence-corrected chi connectivity index (χ1v) is 15.2. The zero-order chi connectivity index (χ0) is 30.1. The smallest absolute Gasteiger partial charge is 0.261 e. The second-order valence-corrected chi connectivity index (χ2v) is 13.3.